The van der Waals surface area contributed by atoms with Gasteiger partial charge in [-0.15, -0.1) is 0 Å². The SMILES string of the molecule is CCC(CNC(=O)C(C)(CC)OC)CC(=O)O. The van der Waals surface area contributed by atoms with Crippen LogP contribution >= 0.6 is 0 Å². The lowest BCUT2D eigenvalue weighted by atomic mass is 9.99. The molecule has 0 aromatic rings. The summed E-state index contributed by atoms with van der Waals surface area (Å²) in [4.78, 5) is 22.4. The highest BCUT2D eigenvalue weighted by atomic mass is 16.5. The van der Waals surface area contributed by atoms with Gasteiger partial charge in [-0.3, -0.25) is 9.59 Å². The number of methoxy groups -OCH3 is 1. The number of carboxylic acid groups (broad SMARTS) is 1. The molecule has 0 fully saturated rings. The van der Waals surface area contributed by atoms with Crippen molar-refractivity contribution in [3.8, 4) is 0 Å². The van der Waals surface area contributed by atoms with Crippen LogP contribution in [0.2, 0.25) is 0 Å². The Labute approximate surface area is 103 Å². The maximum absolute atomic E-state index is 11.8. The van der Waals surface area contributed by atoms with Crippen molar-refractivity contribution in [1.82, 2.24) is 5.32 Å². The van der Waals surface area contributed by atoms with Crippen molar-refractivity contribution < 1.29 is 19.4 Å². The first-order valence-electron chi connectivity index (χ1n) is 5.94. The number of carbonyl (C=O) groups excluding carboxylic acids is 1. The highest BCUT2D eigenvalue weighted by Gasteiger charge is 2.31. The highest BCUT2D eigenvalue weighted by Crippen LogP contribution is 2.14. The molecule has 2 atom stereocenters. The lowest BCUT2D eigenvalue weighted by Crippen LogP contribution is -2.47. The summed E-state index contributed by atoms with van der Waals surface area (Å²) in [7, 11) is 1.50. The van der Waals surface area contributed by atoms with Crippen molar-refractivity contribution in [3.63, 3.8) is 0 Å². The topological polar surface area (TPSA) is 75.6 Å². The molecule has 0 saturated carbocycles. The molecule has 5 heteroatoms. The Morgan fingerprint density at radius 1 is 1.41 bits per heavy atom. The van der Waals surface area contributed by atoms with Crippen molar-refractivity contribution in [2.45, 2.75) is 45.6 Å². The molecular formula is C12H23NO4. The zero-order chi connectivity index (χ0) is 13.5. The number of aliphatic carboxylic acids is 1. The normalized spacial score (nSPS) is 16.0. The van der Waals surface area contributed by atoms with Crippen LogP contribution in [0.15, 0.2) is 0 Å². The van der Waals surface area contributed by atoms with E-state index in [-0.39, 0.29) is 18.2 Å². The molecule has 0 aliphatic heterocycles. The molecule has 2 N–H and O–H groups in total. The molecular weight excluding hydrogens is 222 g/mol. The van der Waals surface area contributed by atoms with Gasteiger partial charge in [-0.2, -0.15) is 0 Å². The Morgan fingerprint density at radius 3 is 2.35 bits per heavy atom. The fraction of sp³-hybridized carbons (Fsp3) is 0.833. The van der Waals surface area contributed by atoms with Gasteiger partial charge < -0.3 is 15.2 Å². The second kappa shape index (κ2) is 7.27. The second-order valence-electron chi connectivity index (χ2n) is 4.37. The predicted octanol–water partition coefficient (Wildman–Crippen LogP) is 1.42. The molecule has 0 radical (unpaired) electrons. The first-order chi connectivity index (χ1) is 7.89. The third-order valence-electron chi connectivity index (χ3n) is 3.20. The van der Waals surface area contributed by atoms with Crippen LogP contribution in [0.25, 0.3) is 0 Å². The van der Waals surface area contributed by atoms with Gasteiger partial charge in [-0.1, -0.05) is 20.3 Å². The highest BCUT2D eigenvalue weighted by molar-refractivity contribution is 5.84. The molecule has 2 unspecified atom stereocenters. The van der Waals surface area contributed by atoms with E-state index in [1.165, 1.54) is 7.11 Å². The predicted molar refractivity (Wildman–Crippen MR) is 64.7 cm³/mol. The summed E-state index contributed by atoms with van der Waals surface area (Å²) in [6, 6.07) is 0. The molecule has 17 heavy (non-hydrogen) atoms. The largest absolute Gasteiger partial charge is 0.481 e. The van der Waals surface area contributed by atoms with E-state index in [9.17, 15) is 9.59 Å². The van der Waals surface area contributed by atoms with E-state index in [0.717, 1.165) is 6.42 Å². The van der Waals surface area contributed by atoms with E-state index >= 15 is 0 Å². The van der Waals surface area contributed by atoms with E-state index in [1.807, 2.05) is 13.8 Å². The first kappa shape index (κ1) is 15.9. The van der Waals surface area contributed by atoms with Crippen molar-refractivity contribution >= 4 is 11.9 Å². The number of rotatable bonds is 8. The molecule has 0 bridgehead atoms. The van der Waals surface area contributed by atoms with E-state index in [1.54, 1.807) is 6.92 Å². The van der Waals surface area contributed by atoms with Gasteiger partial charge in [-0.05, 0) is 19.3 Å². The summed E-state index contributed by atoms with van der Waals surface area (Å²) in [5, 5.41) is 11.4. The maximum atomic E-state index is 11.8. The van der Waals surface area contributed by atoms with Crippen LogP contribution in [0.4, 0.5) is 0 Å². The number of amides is 1. The molecule has 0 spiro atoms. The number of hydrogen-bond acceptors (Lipinski definition) is 3. The standard InChI is InChI=1S/C12H23NO4/c1-5-9(7-10(14)15)8-13-11(16)12(3,6-2)17-4/h9H,5-8H2,1-4H3,(H,13,16)(H,14,15). The van der Waals surface area contributed by atoms with Gasteiger partial charge in [0, 0.05) is 20.1 Å². The van der Waals surface area contributed by atoms with Crippen molar-refractivity contribution in [3.05, 3.63) is 0 Å². The van der Waals surface area contributed by atoms with Crippen LogP contribution < -0.4 is 5.32 Å². The Hall–Kier alpha value is -1.10. The van der Waals surface area contributed by atoms with Crippen LogP contribution in [0, 0.1) is 5.92 Å². The van der Waals surface area contributed by atoms with Crippen LogP contribution in [0.5, 0.6) is 0 Å². The van der Waals surface area contributed by atoms with Gasteiger partial charge >= 0.3 is 5.97 Å². The molecule has 0 aromatic carbocycles. The van der Waals surface area contributed by atoms with E-state index in [2.05, 4.69) is 5.32 Å². The smallest absolute Gasteiger partial charge is 0.303 e. The van der Waals surface area contributed by atoms with Crippen molar-refractivity contribution in [1.29, 1.82) is 0 Å². The van der Waals surface area contributed by atoms with Gasteiger partial charge in [0.1, 0.15) is 5.60 Å². The molecule has 0 aliphatic rings. The lowest BCUT2D eigenvalue weighted by Gasteiger charge is -2.26. The van der Waals surface area contributed by atoms with Gasteiger partial charge in [0.15, 0.2) is 0 Å². The number of nitrogens with one attached hydrogen (secondary N) is 1. The first-order valence-corrected chi connectivity index (χ1v) is 5.94. The number of carboxylic acids is 1. The van der Waals surface area contributed by atoms with Gasteiger partial charge in [0.05, 0.1) is 0 Å². The van der Waals surface area contributed by atoms with Crippen LogP contribution in [-0.2, 0) is 14.3 Å². The number of ether oxygens (including phenoxy) is 1. The van der Waals surface area contributed by atoms with Crippen LogP contribution in [0.1, 0.15) is 40.0 Å². The summed E-state index contributed by atoms with van der Waals surface area (Å²) in [5.41, 5.74) is -0.832. The monoisotopic (exact) mass is 245 g/mol. The molecule has 0 heterocycles. The molecule has 0 aliphatic carbocycles. The molecule has 5 nitrogen and oxygen atoms in total. The van der Waals surface area contributed by atoms with E-state index in [0.29, 0.717) is 13.0 Å². The fourth-order valence-corrected chi connectivity index (χ4v) is 1.43. The van der Waals surface area contributed by atoms with Crippen molar-refractivity contribution in [2.24, 2.45) is 5.92 Å². The molecule has 0 aromatic heterocycles. The van der Waals surface area contributed by atoms with E-state index < -0.39 is 11.6 Å². The minimum absolute atomic E-state index is 0.0330. The Bertz CT molecular complexity index is 261. The molecule has 100 valence electrons. The quantitative estimate of drug-likeness (QED) is 0.678. The van der Waals surface area contributed by atoms with E-state index in [4.69, 9.17) is 9.84 Å². The fourth-order valence-electron chi connectivity index (χ4n) is 1.43. The minimum atomic E-state index is -0.837. The second-order valence-corrected chi connectivity index (χ2v) is 4.37. The summed E-state index contributed by atoms with van der Waals surface area (Å²) in [6.45, 7) is 5.88. The Kier molecular flexibility index (Phi) is 6.80. The zero-order valence-corrected chi connectivity index (χ0v) is 11.1. The summed E-state index contributed by atoms with van der Waals surface area (Å²) >= 11 is 0. The molecule has 0 saturated heterocycles. The van der Waals surface area contributed by atoms with Crippen LogP contribution in [0.3, 0.4) is 0 Å². The third-order valence-corrected chi connectivity index (χ3v) is 3.20. The zero-order valence-electron chi connectivity index (χ0n) is 11.1. The lowest BCUT2D eigenvalue weighted by molar-refractivity contribution is -0.143. The average molecular weight is 245 g/mol. The van der Waals surface area contributed by atoms with Crippen LogP contribution in [-0.4, -0.2) is 36.2 Å². The van der Waals surface area contributed by atoms with Gasteiger partial charge in [0.25, 0.3) is 5.91 Å². The van der Waals surface area contributed by atoms with Gasteiger partial charge in [0.2, 0.25) is 0 Å². The van der Waals surface area contributed by atoms with Gasteiger partial charge in [-0.25, -0.2) is 0 Å². The summed E-state index contributed by atoms with van der Waals surface area (Å²) in [6.07, 6.45) is 1.38. The Morgan fingerprint density at radius 2 is 2.00 bits per heavy atom. The number of carbonyl (C=O) groups is 2. The Balaban J connectivity index is 4.25. The number of hydrogen-bond donors (Lipinski definition) is 2. The van der Waals surface area contributed by atoms with Crippen molar-refractivity contribution in [2.75, 3.05) is 13.7 Å². The average Bonchev–Trinajstić information content (AvgIpc) is 2.32. The summed E-state index contributed by atoms with van der Waals surface area (Å²) in [5.74, 6) is -1.06. The molecule has 0 rings (SSSR count). The maximum Gasteiger partial charge on any atom is 0.303 e. The summed E-state index contributed by atoms with van der Waals surface area (Å²) < 4.78 is 5.17. The minimum Gasteiger partial charge on any atom is -0.481 e. The third kappa shape index (κ3) is 5.17. The molecule has 1 amide bonds.